The second kappa shape index (κ2) is 13.3. The molecule has 4 aromatic carbocycles. The molecule has 208 valence electrons. The molecule has 0 radical (unpaired) electrons. The summed E-state index contributed by atoms with van der Waals surface area (Å²) in [7, 11) is -3.60. The normalized spacial score (nSPS) is 12.8. The van der Waals surface area contributed by atoms with E-state index in [1.165, 1.54) is 12.1 Å². The molecule has 4 rings (SSSR count). The summed E-state index contributed by atoms with van der Waals surface area (Å²) in [5.41, 5.74) is 4.06. The van der Waals surface area contributed by atoms with Crippen LogP contribution in [0.5, 0.6) is 5.75 Å². The van der Waals surface area contributed by atoms with Gasteiger partial charge in [-0.2, -0.15) is 0 Å². The van der Waals surface area contributed by atoms with Crippen LogP contribution in [0.4, 0.5) is 5.69 Å². The molecule has 5 N–H and O–H groups in total. The Morgan fingerprint density at radius 2 is 1.43 bits per heavy atom. The molecule has 1 unspecified atom stereocenters. The number of aromatic hydroxyl groups is 1. The van der Waals surface area contributed by atoms with Crippen molar-refractivity contribution in [3.63, 3.8) is 0 Å². The van der Waals surface area contributed by atoms with Gasteiger partial charge in [-0.25, -0.2) is 8.42 Å². The Hall–Kier alpha value is -4.18. The first-order chi connectivity index (χ1) is 19.2. The smallest absolute Gasteiger partial charge is 0.251 e. The average molecular weight is 560 g/mol. The Morgan fingerprint density at radius 3 is 2.05 bits per heavy atom. The van der Waals surface area contributed by atoms with Crippen LogP contribution in [0.25, 0.3) is 0 Å². The molecule has 0 fully saturated rings. The number of carbonyl (C=O) groups excluding carboxylic acids is 1. The summed E-state index contributed by atoms with van der Waals surface area (Å²) in [5.74, 6) is -0.395. The van der Waals surface area contributed by atoms with E-state index in [1.807, 2.05) is 72.8 Å². The fourth-order valence-corrected chi connectivity index (χ4v) is 4.88. The number of phenolic OH excluding ortho intramolecular Hbond substituents is 1. The van der Waals surface area contributed by atoms with Gasteiger partial charge in [0.2, 0.25) is 10.0 Å². The summed E-state index contributed by atoms with van der Waals surface area (Å²) >= 11 is 0. The van der Waals surface area contributed by atoms with Gasteiger partial charge in [0.1, 0.15) is 5.75 Å². The summed E-state index contributed by atoms with van der Waals surface area (Å²) in [6.45, 7) is 0.607. The van der Waals surface area contributed by atoms with Gasteiger partial charge in [-0.15, -0.1) is 0 Å². The van der Waals surface area contributed by atoms with E-state index in [-0.39, 0.29) is 29.9 Å². The van der Waals surface area contributed by atoms with Gasteiger partial charge in [-0.1, -0.05) is 78.9 Å². The van der Waals surface area contributed by atoms with Gasteiger partial charge in [0.15, 0.2) is 0 Å². The molecule has 0 aliphatic heterocycles. The first-order valence-electron chi connectivity index (χ1n) is 12.9. The highest BCUT2D eigenvalue weighted by Crippen LogP contribution is 2.28. The number of hydrogen-bond donors (Lipinski definition) is 5. The molecule has 9 heteroatoms. The minimum atomic E-state index is -3.60. The zero-order valence-corrected chi connectivity index (χ0v) is 22.9. The highest BCUT2D eigenvalue weighted by Gasteiger charge is 2.18. The molecular weight excluding hydrogens is 526 g/mol. The monoisotopic (exact) mass is 559 g/mol. The number of benzene rings is 4. The summed E-state index contributed by atoms with van der Waals surface area (Å²) in [6.07, 6.45) is 0.662. The molecule has 0 bridgehead atoms. The summed E-state index contributed by atoms with van der Waals surface area (Å²) in [4.78, 5) is 12.7. The highest BCUT2D eigenvalue weighted by molar-refractivity contribution is 7.92. The standard InChI is InChI=1S/C31H33N3O5S/c1-40(38,39)34-28-19-26(16-17-29(28)35)30(36)21-32-27(18-22-8-4-2-5-9-22)24-12-14-25(15-13-24)31(37)33-20-23-10-6-3-7-11-23/h2-17,19,27,30,32,34-36H,18,20-21H2,1H3,(H,33,37)/t27-,30?/m1/s1. The van der Waals surface area contributed by atoms with Gasteiger partial charge < -0.3 is 20.8 Å². The van der Waals surface area contributed by atoms with E-state index in [1.54, 1.807) is 18.2 Å². The maximum absolute atomic E-state index is 12.7. The number of aliphatic hydroxyl groups excluding tert-OH is 1. The third kappa shape index (κ3) is 8.41. The van der Waals surface area contributed by atoms with Crippen molar-refractivity contribution in [2.24, 2.45) is 0 Å². The SMILES string of the molecule is CS(=O)(=O)Nc1cc(C(O)CN[C@H](Cc2ccccc2)c2ccc(C(=O)NCc3ccccc3)cc2)ccc1O. The lowest BCUT2D eigenvalue weighted by Gasteiger charge is -2.22. The molecule has 0 saturated carbocycles. The largest absolute Gasteiger partial charge is 0.506 e. The molecule has 0 spiro atoms. The molecule has 0 aromatic heterocycles. The highest BCUT2D eigenvalue weighted by atomic mass is 32.2. The van der Waals surface area contributed by atoms with Crippen molar-refractivity contribution >= 4 is 21.6 Å². The van der Waals surface area contributed by atoms with Crippen molar-refractivity contribution in [3.05, 3.63) is 131 Å². The number of aliphatic hydroxyl groups is 1. The van der Waals surface area contributed by atoms with Gasteiger partial charge in [-0.05, 0) is 52.9 Å². The number of sulfonamides is 1. The second-order valence-corrected chi connectivity index (χ2v) is 11.4. The first-order valence-corrected chi connectivity index (χ1v) is 14.8. The van der Waals surface area contributed by atoms with Gasteiger partial charge >= 0.3 is 0 Å². The summed E-state index contributed by atoms with van der Waals surface area (Å²) in [6, 6.07) is 31.1. The molecule has 1 amide bonds. The summed E-state index contributed by atoms with van der Waals surface area (Å²) < 4.78 is 25.5. The van der Waals surface area contributed by atoms with Crippen molar-refractivity contribution in [2.45, 2.75) is 25.1 Å². The van der Waals surface area contributed by atoms with E-state index in [0.29, 0.717) is 24.1 Å². The van der Waals surface area contributed by atoms with Crippen LogP contribution in [0.15, 0.2) is 103 Å². The Labute approximate surface area is 234 Å². The van der Waals surface area contributed by atoms with E-state index < -0.39 is 16.1 Å². The van der Waals surface area contributed by atoms with E-state index in [2.05, 4.69) is 15.4 Å². The number of phenols is 1. The minimum Gasteiger partial charge on any atom is -0.506 e. The van der Waals surface area contributed by atoms with Crippen LogP contribution >= 0.6 is 0 Å². The number of rotatable bonds is 12. The third-order valence-electron chi connectivity index (χ3n) is 6.41. The molecule has 0 aliphatic carbocycles. The number of hydrogen-bond acceptors (Lipinski definition) is 6. The van der Waals surface area contributed by atoms with Crippen molar-refractivity contribution in [1.82, 2.24) is 10.6 Å². The Balaban J connectivity index is 1.46. The van der Waals surface area contributed by atoms with Gasteiger partial charge in [0.25, 0.3) is 5.91 Å². The van der Waals surface area contributed by atoms with Crippen LogP contribution in [0.2, 0.25) is 0 Å². The number of anilines is 1. The zero-order valence-electron chi connectivity index (χ0n) is 22.1. The van der Waals surface area contributed by atoms with Gasteiger partial charge in [-0.3, -0.25) is 9.52 Å². The predicted octanol–water partition coefficient (Wildman–Crippen LogP) is 4.30. The quantitative estimate of drug-likeness (QED) is 0.165. The summed E-state index contributed by atoms with van der Waals surface area (Å²) in [5, 5.41) is 27.2. The van der Waals surface area contributed by atoms with Crippen molar-refractivity contribution in [1.29, 1.82) is 0 Å². The van der Waals surface area contributed by atoms with Crippen LogP contribution in [0.1, 0.15) is 44.8 Å². The van der Waals surface area contributed by atoms with Crippen LogP contribution < -0.4 is 15.4 Å². The predicted molar refractivity (Wildman–Crippen MR) is 156 cm³/mol. The molecule has 40 heavy (non-hydrogen) atoms. The molecule has 0 saturated heterocycles. The molecule has 0 aliphatic rings. The fraction of sp³-hybridized carbons (Fsp3) is 0.194. The Morgan fingerprint density at radius 1 is 0.825 bits per heavy atom. The van der Waals surface area contributed by atoms with E-state index in [9.17, 15) is 23.4 Å². The topological polar surface area (TPSA) is 128 Å². The van der Waals surface area contributed by atoms with Gasteiger partial charge in [0, 0.05) is 24.7 Å². The lowest BCUT2D eigenvalue weighted by Crippen LogP contribution is -2.28. The maximum atomic E-state index is 12.7. The minimum absolute atomic E-state index is 0.000940. The third-order valence-corrected chi connectivity index (χ3v) is 7.00. The van der Waals surface area contributed by atoms with E-state index >= 15 is 0 Å². The van der Waals surface area contributed by atoms with E-state index in [0.717, 1.165) is 22.9 Å². The fourth-order valence-electron chi connectivity index (χ4n) is 4.32. The van der Waals surface area contributed by atoms with Crippen molar-refractivity contribution in [3.8, 4) is 5.75 Å². The number of carbonyl (C=O) groups is 1. The maximum Gasteiger partial charge on any atom is 0.251 e. The zero-order chi connectivity index (χ0) is 28.5. The lowest BCUT2D eigenvalue weighted by molar-refractivity contribution is 0.0951. The average Bonchev–Trinajstić information content (AvgIpc) is 2.95. The number of amides is 1. The van der Waals surface area contributed by atoms with Crippen molar-refractivity contribution < 1.29 is 23.4 Å². The first kappa shape index (κ1) is 28.8. The molecule has 4 aromatic rings. The van der Waals surface area contributed by atoms with Crippen LogP contribution in [0.3, 0.4) is 0 Å². The van der Waals surface area contributed by atoms with Crippen molar-refractivity contribution in [2.75, 3.05) is 17.5 Å². The number of nitrogens with one attached hydrogen (secondary N) is 3. The Bertz CT molecular complexity index is 1510. The molecular formula is C31H33N3O5S. The Kier molecular flexibility index (Phi) is 9.55. The van der Waals surface area contributed by atoms with Crippen LogP contribution in [-0.2, 0) is 23.0 Å². The molecule has 2 atom stereocenters. The van der Waals surface area contributed by atoms with Crippen LogP contribution in [-0.4, -0.2) is 37.3 Å². The van der Waals surface area contributed by atoms with Gasteiger partial charge in [0.05, 0.1) is 18.0 Å². The van der Waals surface area contributed by atoms with Crippen LogP contribution in [0, 0.1) is 0 Å². The lowest BCUT2D eigenvalue weighted by atomic mass is 9.97. The second-order valence-electron chi connectivity index (χ2n) is 9.61. The molecule has 0 heterocycles. The van der Waals surface area contributed by atoms with E-state index in [4.69, 9.17) is 0 Å². The molecule has 8 nitrogen and oxygen atoms in total.